The van der Waals surface area contributed by atoms with Crippen LogP contribution in [0.3, 0.4) is 0 Å². The Balaban J connectivity index is 1.99. The van der Waals surface area contributed by atoms with Gasteiger partial charge in [0.05, 0.1) is 19.2 Å². The first-order valence-electron chi connectivity index (χ1n) is 7.58. The number of anilines is 1. The zero-order valence-electron chi connectivity index (χ0n) is 14.0. The van der Waals surface area contributed by atoms with Gasteiger partial charge in [-0.25, -0.2) is 4.98 Å². The van der Waals surface area contributed by atoms with Crippen molar-refractivity contribution in [1.29, 1.82) is 0 Å². The van der Waals surface area contributed by atoms with E-state index in [-0.39, 0.29) is 24.7 Å². The highest BCUT2D eigenvalue weighted by Crippen LogP contribution is 2.21. The number of hydrogen-bond acceptors (Lipinski definition) is 6. The summed E-state index contributed by atoms with van der Waals surface area (Å²) < 4.78 is 4.60. The molecule has 2 aromatic rings. The number of nitrogens with zero attached hydrogens (tertiary/aromatic N) is 2. The number of aromatic nitrogens is 1. The fourth-order valence-electron chi connectivity index (χ4n) is 2.25. The number of thiazole rings is 1. The van der Waals surface area contributed by atoms with Crippen molar-refractivity contribution in [3.8, 4) is 0 Å². The van der Waals surface area contributed by atoms with E-state index in [4.69, 9.17) is 5.73 Å². The van der Waals surface area contributed by atoms with E-state index in [2.05, 4.69) is 9.72 Å². The van der Waals surface area contributed by atoms with Gasteiger partial charge in [0.1, 0.15) is 0 Å². The lowest BCUT2D eigenvalue weighted by Crippen LogP contribution is -2.26. The standard InChI is InChI=1S/C17H19N3O4S/c1-20(17-19-12(10-25-17)9-15(22)24-2)14(21)8-7-11-5-3-4-6-13(11)16(18)23/h3-6,10H,7-9H2,1-2H3,(H2,18,23). The second-order valence-corrected chi connectivity index (χ2v) is 6.19. The van der Waals surface area contributed by atoms with Gasteiger partial charge in [-0.3, -0.25) is 19.3 Å². The van der Waals surface area contributed by atoms with Crippen LogP contribution in [0.25, 0.3) is 0 Å². The summed E-state index contributed by atoms with van der Waals surface area (Å²) >= 11 is 1.28. The molecular weight excluding hydrogens is 342 g/mol. The first-order valence-corrected chi connectivity index (χ1v) is 8.45. The van der Waals surface area contributed by atoms with Crippen molar-refractivity contribution in [3.63, 3.8) is 0 Å². The Kier molecular flexibility index (Phi) is 6.24. The number of ether oxygens (including phenoxy) is 1. The van der Waals surface area contributed by atoms with Gasteiger partial charge in [-0.1, -0.05) is 18.2 Å². The predicted molar refractivity (Wildman–Crippen MR) is 94.5 cm³/mol. The molecular formula is C17H19N3O4S. The van der Waals surface area contributed by atoms with E-state index in [1.807, 2.05) is 0 Å². The lowest BCUT2D eigenvalue weighted by molar-refractivity contribution is -0.139. The molecule has 0 aliphatic heterocycles. The molecule has 0 radical (unpaired) electrons. The minimum Gasteiger partial charge on any atom is -0.469 e. The van der Waals surface area contributed by atoms with Gasteiger partial charge >= 0.3 is 5.97 Å². The third-order valence-corrected chi connectivity index (χ3v) is 4.61. The molecule has 0 fully saturated rings. The fraction of sp³-hybridized carbons (Fsp3) is 0.294. The van der Waals surface area contributed by atoms with Gasteiger partial charge in [0.15, 0.2) is 5.13 Å². The number of hydrogen-bond donors (Lipinski definition) is 1. The number of benzene rings is 1. The Hall–Kier alpha value is -2.74. The van der Waals surface area contributed by atoms with Gasteiger partial charge in [-0.15, -0.1) is 11.3 Å². The highest BCUT2D eigenvalue weighted by atomic mass is 32.1. The second kappa shape index (κ2) is 8.39. The van der Waals surface area contributed by atoms with Crippen LogP contribution < -0.4 is 10.6 Å². The Bertz CT molecular complexity index is 788. The molecule has 1 aromatic heterocycles. The Morgan fingerprint density at radius 2 is 2.00 bits per heavy atom. The van der Waals surface area contributed by atoms with Crippen LogP contribution in [0.2, 0.25) is 0 Å². The molecule has 0 saturated heterocycles. The molecule has 0 saturated carbocycles. The van der Waals surface area contributed by atoms with Crippen LogP contribution >= 0.6 is 11.3 Å². The largest absolute Gasteiger partial charge is 0.469 e. The quantitative estimate of drug-likeness (QED) is 0.754. The summed E-state index contributed by atoms with van der Waals surface area (Å²) in [6.45, 7) is 0. The van der Waals surface area contributed by atoms with Crippen molar-refractivity contribution in [3.05, 3.63) is 46.5 Å². The monoisotopic (exact) mass is 361 g/mol. The van der Waals surface area contributed by atoms with Crippen molar-refractivity contribution in [2.45, 2.75) is 19.3 Å². The maximum absolute atomic E-state index is 12.4. The summed E-state index contributed by atoms with van der Waals surface area (Å²) in [6, 6.07) is 6.96. The van der Waals surface area contributed by atoms with Crippen LogP contribution in [0.1, 0.15) is 28.0 Å². The van der Waals surface area contributed by atoms with Crippen LogP contribution in [-0.4, -0.2) is 36.9 Å². The van der Waals surface area contributed by atoms with Crippen molar-refractivity contribution >= 4 is 34.3 Å². The number of rotatable bonds is 7. The maximum atomic E-state index is 12.4. The lowest BCUT2D eigenvalue weighted by atomic mass is 10.0. The summed E-state index contributed by atoms with van der Waals surface area (Å²) in [4.78, 5) is 40.8. The average molecular weight is 361 g/mol. The number of esters is 1. The number of carbonyl (C=O) groups excluding carboxylic acids is 3. The molecule has 8 heteroatoms. The maximum Gasteiger partial charge on any atom is 0.311 e. The van der Waals surface area contributed by atoms with Gasteiger partial charge < -0.3 is 10.5 Å². The molecule has 2 N–H and O–H groups in total. The van der Waals surface area contributed by atoms with Crippen LogP contribution in [0.5, 0.6) is 0 Å². The van der Waals surface area contributed by atoms with E-state index in [1.54, 1.807) is 36.7 Å². The molecule has 2 amide bonds. The lowest BCUT2D eigenvalue weighted by Gasteiger charge is -2.14. The van der Waals surface area contributed by atoms with Crippen molar-refractivity contribution < 1.29 is 19.1 Å². The van der Waals surface area contributed by atoms with Crippen LogP contribution in [0.4, 0.5) is 5.13 Å². The van der Waals surface area contributed by atoms with E-state index < -0.39 is 5.91 Å². The highest BCUT2D eigenvalue weighted by Gasteiger charge is 2.17. The first-order chi connectivity index (χ1) is 11.9. The number of nitrogens with two attached hydrogens (primary N) is 1. The smallest absolute Gasteiger partial charge is 0.311 e. The molecule has 1 aromatic carbocycles. The highest BCUT2D eigenvalue weighted by molar-refractivity contribution is 7.14. The fourth-order valence-corrected chi connectivity index (χ4v) is 3.05. The predicted octanol–water partition coefficient (Wildman–Crippen LogP) is 1.55. The van der Waals surface area contributed by atoms with Crippen LogP contribution in [0.15, 0.2) is 29.6 Å². The first kappa shape index (κ1) is 18.6. The normalized spacial score (nSPS) is 10.3. The molecule has 0 atom stereocenters. The minimum absolute atomic E-state index is 0.0705. The summed E-state index contributed by atoms with van der Waals surface area (Å²) in [6.07, 6.45) is 0.691. The van der Waals surface area contributed by atoms with Crippen LogP contribution in [0, 0.1) is 0 Å². The average Bonchev–Trinajstić information content (AvgIpc) is 3.07. The minimum atomic E-state index is -0.510. The summed E-state index contributed by atoms with van der Waals surface area (Å²) in [7, 11) is 2.94. The summed E-state index contributed by atoms with van der Waals surface area (Å²) in [5, 5.41) is 2.23. The number of methoxy groups -OCH3 is 1. The molecule has 0 aliphatic rings. The van der Waals surface area contributed by atoms with Gasteiger partial charge in [0, 0.05) is 24.4 Å². The number of aryl methyl sites for hydroxylation is 1. The number of amides is 2. The van der Waals surface area contributed by atoms with Gasteiger partial charge in [0.25, 0.3) is 0 Å². The van der Waals surface area contributed by atoms with E-state index in [0.717, 1.165) is 5.56 Å². The summed E-state index contributed by atoms with van der Waals surface area (Å²) in [5.41, 5.74) is 7.07. The molecule has 1 heterocycles. The van der Waals surface area contributed by atoms with Gasteiger partial charge in [-0.05, 0) is 18.1 Å². The molecule has 132 valence electrons. The van der Waals surface area contributed by atoms with E-state index in [1.165, 1.54) is 23.3 Å². The number of primary amides is 1. The molecule has 0 bridgehead atoms. The van der Waals surface area contributed by atoms with Crippen molar-refractivity contribution in [2.24, 2.45) is 5.73 Å². The van der Waals surface area contributed by atoms with Crippen molar-refractivity contribution in [2.75, 3.05) is 19.1 Å². The van der Waals surface area contributed by atoms with Crippen molar-refractivity contribution in [1.82, 2.24) is 4.98 Å². The molecule has 7 nitrogen and oxygen atoms in total. The zero-order valence-corrected chi connectivity index (χ0v) is 14.8. The SMILES string of the molecule is COC(=O)Cc1csc(N(C)C(=O)CCc2ccccc2C(N)=O)n1. The zero-order chi connectivity index (χ0) is 18.4. The Labute approximate surface area is 149 Å². The molecule has 0 spiro atoms. The van der Waals surface area contributed by atoms with Crippen LogP contribution in [-0.2, 0) is 27.2 Å². The third kappa shape index (κ3) is 4.87. The van der Waals surface area contributed by atoms with Gasteiger partial charge in [0.2, 0.25) is 11.8 Å². The second-order valence-electron chi connectivity index (χ2n) is 5.35. The van der Waals surface area contributed by atoms with Gasteiger partial charge in [-0.2, -0.15) is 0 Å². The molecule has 2 rings (SSSR count). The topological polar surface area (TPSA) is 103 Å². The Morgan fingerprint density at radius 3 is 2.68 bits per heavy atom. The number of carbonyl (C=O) groups is 3. The summed E-state index contributed by atoms with van der Waals surface area (Å²) in [5.74, 6) is -1.03. The van der Waals surface area contributed by atoms with E-state index >= 15 is 0 Å². The molecule has 0 unspecified atom stereocenters. The molecule has 25 heavy (non-hydrogen) atoms. The van der Waals surface area contributed by atoms with E-state index in [9.17, 15) is 14.4 Å². The molecule has 0 aliphatic carbocycles. The Morgan fingerprint density at radius 1 is 1.28 bits per heavy atom. The van der Waals surface area contributed by atoms with E-state index in [0.29, 0.717) is 22.8 Å². The third-order valence-electron chi connectivity index (χ3n) is 3.64.